The molecular weight excluding hydrogens is 238 g/mol. The van der Waals surface area contributed by atoms with Crippen molar-refractivity contribution >= 4 is 22.5 Å². The number of hydrogen-bond acceptors (Lipinski definition) is 3. The van der Waals surface area contributed by atoms with Gasteiger partial charge in [0.15, 0.2) is 0 Å². The maximum Gasteiger partial charge on any atom is 0.266 e. The Kier molecular flexibility index (Phi) is 10.1. The molecule has 2 N–H and O–H groups in total. The Hall–Kier alpha value is -0.360. The molecule has 0 amide bonds. The van der Waals surface area contributed by atoms with Crippen LogP contribution in [0.3, 0.4) is 0 Å². The first-order valence-electron chi connectivity index (χ1n) is 4.40. The minimum atomic E-state index is -3.86. The largest absolute Gasteiger partial charge is 0.312 e. The molecule has 0 aliphatic carbocycles. The topological polar surface area (TPSA) is 66.4 Å². The van der Waals surface area contributed by atoms with Crippen LogP contribution in [0, 0.1) is 0 Å². The second-order valence-electron chi connectivity index (χ2n) is 2.99. The predicted octanol–water partition coefficient (Wildman–Crippen LogP) is 1.41. The normalized spacial score (nSPS) is 10.8. The summed E-state index contributed by atoms with van der Waals surface area (Å²) < 4.78 is 29.3. The fourth-order valence-electron chi connectivity index (χ4n) is 1.06. The van der Waals surface area contributed by atoms with Gasteiger partial charge in [-0.25, -0.2) is 0 Å². The van der Waals surface area contributed by atoms with Crippen LogP contribution in [0.15, 0.2) is 25.3 Å². The van der Waals surface area contributed by atoms with Gasteiger partial charge in [0.1, 0.15) is 0 Å². The molecule has 0 rings (SSSR count). The molecule has 0 aliphatic rings. The highest BCUT2D eigenvalue weighted by Gasteiger charge is 2.07. The molecule has 0 fully saturated rings. The van der Waals surface area contributed by atoms with E-state index in [2.05, 4.69) is 18.5 Å². The van der Waals surface area contributed by atoms with Gasteiger partial charge in [-0.05, 0) is 12.8 Å². The van der Waals surface area contributed by atoms with Crippen molar-refractivity contribution < 1.29 is 13.0 Å². The van der Waals surface area contributed by atoms with Crippen molar-refractivity contribution in [1.82, 2.24) is 5.32 Å². The molecule has 0 aromatic heterocycles. The summed E-state index contributed by atoms with van der Waals surface area (Å²) in [5.41, 5.74) is 0. The van der Waals surface area contributed by atoms with Crippen LogP contribution in [0.25, 0.3) is 0 Å². The third-order valence-corrected chi connectivity index (χ3v) is 2.42. The van der Waals surface area contributed by atoms with Crippen molar-refractivity contribution in [2.45, 2.75) is 18.9 Å². The van der Waals surface area contributed by atoms with E-state index in [-0.39, 0.29) is 30.7 Å². The zero-order chi connectivity index (χ0) is 11.0. The molecule has 0 radical (unpaired) electrons. The quantitative estimate of drug-likeness (QED) is 0.508. The molecule has 0 aromatic carbocycles. The summed E-state index contributed by atoms with van der Waals surface area (Å²) in [4.78, 5) is 0. The highest BCUT2D eigenvalue weighted by Crippen LogP contribution is 1.99. The number of halogens is 1. The highest BCUT2D eigenvalue weighted by atomic mass is 35.5. The van der Waals surface area contributed by atoms with E-state index < -0.39 is 10.1 Å². The van der Waals surface area contributed by atoms with Crippen molar-refractivity contribution in [2.75, 3.05) is 12.3 Å². The Bertz CT molecular complexity index is 267. The van der Waals surface area contributed by atoms with E-state index in [0.29, 0.717) is 0 Å². The van der Waals surface area contributed by atoms with Crippen LogP contribution in [-0.4, -0.2) is 31.3 Å². The molecule has 0 spiro atoms. The van der Waals surface area contributed by atoms with Crippen LogP contribution in [0.4, 0.5) is 0 Å². The van der Waals surface area contributed by atoms with Gasteiger partial charge in [0.25, 0.3) is 10.1 Å². The van der Waals surface area contributed by atoms with Gasteiger partial charge in [-0.3, -0.25) is 4.55 Å². The van der Waals surface area contributed by atoms with Crippen LogP contribution in [0.2, 0.25) is 0 Å². The predicted molar refractivity (Wildman–Crippen MR) is 65.1 cm³/mol. The van der Waals surface area contributed by atoms with Crippen LogP contribution < -0.4 is 5.32 Å². The van der Waals surface area contributed by atoms with Crippen molar-refractivity contribution in [3.63, 3.8) is 0 Å². The van der Waals surface area contributed by atoms with Crippen molar-refractivity contribution in [3.05, 3.63) is 25.3 Å². The molecule has 0 bridgehead atoms. The monoisotopic (exact) mass is 255 g/mol. The maximum atomic E-state index is 10.4. The molecule has 90 valence electrons. The maximum absolute atomic E-state index is 10.4. The van der Waals surface area contributed by atoms with Gasteiger partial charge in [0.2, 0.25) is 0 Å². The molecule has 15 heavy (non-hydrogen) atoms. The van der Waals surface area contributed by atoms with Gasteiger partial charge in [0, 0.05) is 12.6 Å². The zero-order valence-corrected chi connectivity index (χ0v) is 10.2. The Morgan fingerprint density at radius 1 is 1.27 bits per heavy atom. The summed E-state index contributed by atoms with van der Waals surface area (Å²) in [5.74, 6) is -0.266. The summed E-state index contributed by atoms with van der Waals surface area (Å²) in [7, 11) is -3.86. The highest BCUT2D eigenvalue weighted by molar-refractivity contribution is 7.85. The third kappa shape index (κ3) is 11.6. The van der Waals surface area contributed by atoms with Crippen LogP contribution in [0.5, 0.6) is 0 Å². The van der Waals surface area contributed by atoms with E-state index in [4.69, 9.17) is 4.55 Å². The average Bonchev–Trinajstić information content (AvgIpc) is 2.02. The number of hydrogen-bond donors (Lipinski definition) is 2. The second-order valence-corrected chi connectivity index (χ2v) is 4.56. The van der Waals surface area contributed by atoms with E-state index in [9.17, 15) is 8.42 Å². The Morgan fingerprint density at radius 3 is 2.07 bits per heavy atom. The number of nitrogens with one attached hydrogen (secondary N) is 1. The SMILES string of the molecule is C=CCC(CC=C)NCCS(=O)(=O)O.Cl. The molecule has 0 saturated heterocycles. The standard InChI is InChI=1S/C9H17NO3S.ClH/c1-3-5-9(6-4-2)10-7-8-14(11,12)13;/h3-4,9-10H,1-2,5-8H2,(H,11,12,13);1H. The lowest BCUT2D eigenvalue weighted by Gasteiger charge is -2.14. The summed E-state index contributed by atoms with van der Waals surface area (Å²) in [6, 6.07) is 0.145. The first-order chi connectivity index (χ1) is 6.49. The summed E-state index contributed by atoms with van der Waals surface area (Å²) in [6.07, 6.45) is 5.01. The van der Waals surface area contributed by atoms with E-state index in [1.165, 1.54) is 0 Å². The average molecular weight is 256 g/mol. The molecular formula is C9H18ClNO3S. The molecule has 0 heterocycles. The van der Waals surface area contributed by atoms with Gasteiger partial charge in [-0.15, -0.1) is 25.6 Å². The molecule has 0 atom stereocenters. The molecule has 0 aromatic rings. The Morgan fingerprint density at radius 2 is 1.73 bits per heavy atom. The minimum absolute atomic E-state index is 0. The third-order valence-electron chi connectivity index (χ3n) is 1.70. The van der Waals surface area contributed by atoms with Crippen LogP contribution in [0.1, 0.15) is 12.8 Å². The summed E-state index contributed by atoms with van der Waals surface area (Å²) >= 11 is 0. The van der Waals surface area contributed by atoms with Gasteiger partial charge in [0.05, 0.1) is 5.75 Å². The van der Waals surface area contributed by atoms with Crippen LogP contribution in [-0.2, 0) is 10.1 Å². The molecule has 6 heteroatoms. The first kappa shape index (κ1) is 17.0. The lowest BCUT2D eigenvalue weighted by Crippen LogP contribution is -2.32. The van der Waals surface area contributed by atoms with Gasteiger partial charge >= 0.3 is 0 Å². The summed E-state index contributed by atoms with van der Waals surface area (Å²) in [5, 5.41) is 3.00. The first-order valence-corrected chi connectivity index (χ1v) is 6.01. The van der Waals surface area contributed by atoms with Gasteiger partial charge in [-0.1, -0.05) is 12.2 Å². The summed E-state index contributed by atoms with van der Waals surface area (Å²) in [6.45, 7) is 7.44. The Labute approximate surface area is 97.6 Å². The molecule has 0 unspecified atom stereocenters. The zero-order valence-electron chi connectivity index (χ0n) is 8.55. The molecule has 0 saturated carbocycles. The Balaban J connectivity index is 0. The second kappa shape index (κ2) is 8.91. The smallest absolute Gasteiger partial charge is 0.266 e. The van der Waals surface area contributed by atoms with Gasteiger partial charge < -0.3 is 5.32 Å². The lowest BCUT2D eigenvalue weighted by molar-refractivity contribution is 0.474. The lowest BCUT2D eigenvalue weighted by atomic mass is 10.1. The van der Waals surface area contributed by atoms with E-state index in [1.807, 2.05) is 0 Å². The van der Waals surface area contributed by atoms with Crippen LogP contribution >= 0.6 is 12.4 Å². The van der Waals surface area contributed by atoms with Gasteiger partial charge in [-0.2, -0.15) is 8.42 Å². The van der Waals surface area contributed by atoms with E-state index in [0.717, 1.165) is 12.8 Å². The van der Waals surface area contributed by atoms with Crippen molar-refractivity contribution in [3.8, 4) is 0 Å². The van der Waals surface area contributed by atoms with E-state index >= 15 is 0 Å². The van der Waals surface area contributed by atoms with E-state index in [1.54, 1.807) is 12.2 Å². The van der Waals surface area contributed by atoms with Crippen molar-refractivity contribution in [1.29, 1.82) is 0 Å². The fraction of sp³-hybridized carbons (Fsp3) is 0.556. The number of rotatable bonds is 8. The minimum Gasteiger partial charge on any atom is -0.312 e. The molecule has 4 nitrogen and oxygen atoms in total. The fourth-order valence-corrected chi connectivity index (χ4v) is 1.43. The van der Waals surface area contributed by atoms with Crippen molar-refractivity contribution in [2.24, 2.45) is 0 Å². The molecule has 0 aliphatic heterocycles.